The monoisotopic (exact) mass is 349 g/mol. The molecule has 1 aromatic rings. The van der Waals surface area contributed by atoms with Gasteiger partial charge < -0.3 is 10.6 Å². The first-order chi connectivity index (χ1) is 11.6. The maximum Gasteiger partial charge on any atom is 0.234 e. The number of rotatable bonds is 10. The van der Waals surface area contributed by atoms with Crippen LogP contribution in [0.15, 0.2) is 24.3 Å². The highest BCUT2D eigenvalue weighted by Crippen LogP contribution is 2.25. The van der Waals surface area contributed by atoms with Crippen molar-refractivity contribution in [2.45, 2.75) is 32.7 Å². The second kappa shape index (κ2) is 9.69. The average Bonchev–Trinajstić information content (AvgIpc) is 3.38. The second-order valence-electron chi connectivity index (χ2n) is 6.12. The summed E-state index contributed by atoms with van der Waals surface area (Å²) in [6, 6.07) is 8.40. The van der Waals surface area contributed by atoms with Crippen LogP contribution in [0.2, 0.25) is 0 Å². The largest absolute Gasteiger partial charge is 0.354 e. The Morgan fingerprint density at radius 1 is 1.17 bits per heavy atom. The smallest absolute Gasteiger partial charge is 0.234 e. The van der Waals surface area contributed by atoms with Crippen LogP contribution in [0.4, 0.5) is 5.69 Å². The quantitative estimate of drug-likeness (QED) is 0.680. The van der Waals surface area contributed by atoms with E-state index in [0.717, 1.165) is 30.4 Å². The highest BCUT2D eigenvalue weighted by Gasteiger charge is 2.27. The predicted octanol–water partition coefficient (Wildman–Crippen LogP) is 2.27. The zero-order chi connectivity index (χ0) is 17.4. The molecule has 2 rings (SSSR count). The average molecular weight is 350 g/mol. The Hall–Kier alpha value is -1.53. The molecule has 0 atom stereocenters. The van der Waals surface area contributed by atoms with E-state index in [0.29, 0.717) is 12.3 Å². The Kier molecular flexibility index (Phi) is 7.59. The summed E-state index contributed by atoms with van der Waals surface area (Å²) in [7, 11) is 0. The fourth-order valence-corrected chi connectivity index (χ4v) is 3.15. The number of carbonyl (C=O) groups excluding carboxylic acids is 2. The van der Waals surface area contributed by atoms with Crippen molar-refractivity contribution in [1.82, 2.24) is 10.2 Å². The van der Waals surface area contributed by atoms with Gasteiger partial charge in [-0.3, -0.25) is 14.5 Å². The number of thioether (sulfide) groups is 1. The minimum Gasteiger partial charge on any atom is -0.354 e. The maximum atomic E-state index is 11.8. The summed E-state index contributed by atoms with van der Waals surface area (Å²) in [4.78, 5) is 26.0. The lowest BCUT2D eigenvalue weighted by atomic mass is 10.2. The highest BCUT2D eigenvalue weighted by molar-refractivity contribution is 8.00. The number of amides is 2. The van der Waals surface area contributed by atoms with Crippen molar-refractivity contribution in [3.8, 4) is 0 Å². The number of anilines is 1. The number of likely N-dealkylation sites (N-methyl/N-ethyl adjacent to an activating group) is 1. The predicted molar refractivity (Wildman–Crippen MR) is 100 cm³/mol. The number of hydrogen-bond donors (Lipinski definition) is 2. The van der Waals surface area contributed by atoms with Crippen LogP contribution >= 0.6 is 11.8 Å². The van der Waals surface area contributed by atoms with Crippen molar-refractivity contribution in [3.63, 3.8) is 0 Å². The second-order valence-corrected chi connectivity index (χ2v) is 7.10. The Balaban J connectivity index is 1.54. The van der Waals surface area contributed by atoms with Gasteiger partial charge in [0.15, 0.2) is 0 Å². The van der Waals surface area contributed by atoms with E-state index in [1.54, 1.807) is 0 Å². The van der Waals surface area contributed by atoms with Gasteiger partial charge in [-0.05, 0) is 38.4 Å². The van der Waals surface area contributed by atoms with Crippen molar-refractivity contribution >= 4 is 29.3 Å². The molecule has 0 unspecified atom stereocenters. The van der Waals surface area contributed by atoms with Crippen LogP contribution in [-0.4, -0.2) is 53.9 Å². The van der Waals surface area contributed by atoms with Gasteiger partial charge in [0.25, 0.3) is 0 Å². The topological polar surface area (TPSA) is 61.4 Å². The standard InChI is InChI=1S/C18H27N3O2S/c1-3-21(16-8-9-16)11-10-19-17(22)12-24-13-18(23)20-15-6-4-14(2)5-7-15/h4-7,16H,3,8-13H2,1-2H3,(H,19,22)(H,20,23). The fourth-order valence-electron chi connectivity index (χ4n) is 2.50. The molecule has 0 heterocycles. The summed E-state index contributed by atoms with van der Waals surface area (Å²) in [5.74, 6) is 0.513. The Labute approximate surface area is 148 Å². The molecule has 0 aromatic heterocycles. The van der Waals surface area contributed by atoms with Gasteiger partial charge in [0.2, 0.25) is 11.8 Å². The van der Waals surface area contributed by atoms with Crippen LogP contribution in [-0.2, 0) is 9.59 Å². The van der Waals surface area contributed by atoms with Crippen molar-refractivity contribution in [2.75, 3.05) is 36.5 Å². The van der Waals surface area contributed by atoms with Crippen molar-refractivity contribution in [3.05, 3.63) is 29.8 Å². The zero-order valence-electron chi connectivity index (χ0n) is 14.5. The van der Waals surface area contributed by atoms with Gasteiger partial charge in [-0.15, -0.1) is 11.8 Å². The van der Waals surface area contributed by atoms with Crippen LogP contribution in [0.5, 0.6) is 0 Å². The summed E-state index contributed by atoms with van der Waals surface area (Å²) in [6.45, 7) is 6.78. The number of carbonyl (C=O) groups is 2. The van der Waals surface area contributed by atoms with Gasteiger partial charge in [0.1, 0.15) is 0 Å². The molecule has 2 N–H and O–H groups in total. The van der Waals surface area contributed by atoms with Crippen LogP contribution < -0.4 is 10.6 Å². The Morgan fingerprint density at radius 3 is 2.46 bits per heavy atom. The summed E-state index contributed by atoms with van der Waals surface area (Å²) in [5, 5.41) is 5.76. The molecular weight excluding hydrogens is 322 g/mol. The molecule has 1 aliphatic rings. The molecule has 1 aliphatic carbocycles. The van der Waals surface area contributed by atoms with Gasteiger partial charge in [-0.2, -0.15) is 0 Å². The van der Waals surface area contributed by atoms with E-state index >= 15 is 0 Å². The molecule has 0 spiro atoms. The van der Waals surface area contributed by atoms with Gasteiger partial charge >= 0.3 is 0 Å². The van der Waals surface area contributed by atoms with Gasteiger partial charge in [0.05, 0.1) is 11.5 Å². The minimum absolute atomic E-state index is 0.00464. The van der Waals surface area contributed by atoms with Gasteiger partial charge in [-0.25, -0.2) is 0 Å². The third-order valence-electron chi connectivity index (χ3n) is 3.99. The van der Waals surface area contributed by atoms with E-state index in [9.17, 15) is 9.59 Å². The number of nitrogens with zero attached hydrogens (tertiary/aromatic N) is 1. The molecule has 1 saturated carbocycles. The first-order valence-electron chi connectivity index (χ1n) is 8.53. The molecule has 0 saturated heterocycles. The van der Waals surface area contributed by atoms with Crippen LogP contribution in [0.25, 0.3) is 0 Å². The van der Waals surface area contributed by atoms with Crippen molar-refractivity contribution < 1.29 is 9.59 Å². The van der Waals surface area contributed by atoms with Crippen molar-refractivity contribution in [1.29, 1.82) is 0 Å². The van der Waals surface area contributed by atoms with E-state index in [4.69, 9.17) is 0 Å². The van der Waals surface area contributed by atoms with Crippen molar-refractivity contribution in [2.24, 2.45) is 0 Å². The maximum absolute atomic E-state index is 11.8. The molecule has 0 aliphatic heterocycles. The summed E-state index contributed by atoms with van der Waals surface area (Å²) >= 11 is 1.34. The molecule has 132 valence electrons. The SMILES string of the molecule is CCN(CCNC(=O)CSCC(=O)Nc1ccc(C)cc1)C1CC1. The summed E-state index contributed by atoms with van der Waals surface area (Å²) in [5.41, 5.74) is 1.94. The van der Waals surface area contributed by atoms with E-state index in [1.165, 1.54) is 24.6 Å². The molecule has 6 heteroatoms. The first-order valence-corrected chi connectivity index (χ1v) is 9.69. The van der Waals surface area contributed by atoms with Crippen LogP contribution in [0.1, 0.15) is 25.3 Å². The summed E-state index contributed by atoms with van der Waals surface area (Å²) < 4.78 is 0. The van der Waals surface area contributed by atoms with Gasteiger partial charge in [-0.1, -0.05) is 24.6 Å². The third-order valence-corrected chi connectivity index (χ3v) is 4.92. The van der Waals surface area contributed by atoms with Crippen LogP contribution in [0.3, 0.4) is 0 Å². The molecule has 1 aromatic carbocycles. The number of nitrogens with one attached hydrogen (secondary N) is 2. The molecular formula is C18H27N3O2S. The van der Waals surface area contributed by atoms with E-state index in [1.807, 2.05) is 31.2 Å². The first kappa shape index (κ1) is 18.8. The summed E-state index contributed by atoms with van der Waals surface area (Å²) in [6.07, 6.45) is 2.57. The van der Waals surface area contributed by atoms with Gasteiger partial charge in [0, 0.05) is 24.8 Å². The lowest BCUT2D eigenvalue weighted by Gasteiger charge is -2.19. The molecule has 0 bridgehead atoms. The number of hydrogen-bond acceptors (Lipinski definition) is 4. The van der Waals surface area contributed by atoms with E-state index < -0.39 is 0 Å². The number of benzene rings is 1. The fraction of sp³-hybridized carbons (Fsp3) is 0.556. The lowest BCUT2D eigenvalue weighted by molar-refractivity contribution is -0.118. The molecule has 2 amide bonds. The van der Waals surface area contributed by atoms with E-state index in [-0.39, 0.29) is 17.6 Å². The Bertz CT molecular complexity index is 544. The lowest BCUT2D eigenvalue weighted by Crippen LogP contribution is -2.36. The molecule has 0 radical (unpaired) electrons. The highest BCUT2D eigenvalue weighted by atomic mass is 32.2. The van der Waals surface area contributed by atoms with E-state index in [2.05, 4.69) is 22.5 Å². The Morgan fingerprint density at radius 2 is 1.83 bits per heavy atom. The molecule has 24 heavy (non-hydrogen) atoms. The third kappa shape index (κ3) is 6.93. The minimum atomic E-state index is -0.0810. The molecule has 1 fully saturated rings. The zero-order valence-corrected chi connectivity index (χ0v) is 15.3. The van der Waals surface area contributed by atoms with Crippen LogP contribution in [0, 0.1) is 6.92 Å². The number of aryl methyl sites for hydroxylation is 1. The molecule has 5 nitrogen and oxygen atoms in total. The normalized spacial score (nSPS) is 13.8.